The summed E-state index contributed by atoms with van der Waals surface area (Å²) in [5.74, 6) is -0.569. The monoisotopic (exact) mass is 535 g/mol. The fourth-order valence-corrected chi connectivity index (χ4v) is 5.42. The van der Waals surface area contributed by atoms with Crippen LogP contribution < -0.4 is 5.32 Å². The number of amides is 1. The molecule has 7 rings (SSSR count). The molecule has 2 aromatic carbocycles. The van der Waals surface area contributed by atoms with E-state index in [4.69, 9.17) is 4.98 Å². The molecule has 1 aliphatic rings. The summed E-state index contributed by atoms with van der Waals surface area (Å²) in [6, 6.07) is 13.5. The molecule has 0 saturated heterocycles. The van der Waals surface area contributed by atoms with Gasteiger partial charge in [0.1, 0.15) is 17.2 Å². The van der Waals surface area contributed by atoms with Crippen molar-refractivity contribution < 1.29 is 13.6 Å². The molecule has 1 saturated carbocycles. The van der Waals surface area contributed by atoms with Crippen molar-refractivity contribution in [3.05, 3.63) is 78.8 Å². The van der Waals surface area contributed by atoms with Crippen LogP contribution in [0.1, 0.15) is 25.7 Å². The van der Waals surface area contributed by atoms with E-state index in [0.717, 1.165) is 42.3 Å². The number of anilines is 1. The van der Waals surface area contributed by atoms with Crippen molar-refractivity contribution in [2.45, 2.75) is 25.7 Å². The minimum Gasteiger partial charge on any atom is -0.337 e. The van der Waals surface area contributed by atoms with Crippen LogP contribution in [0.5, 0.6) is 0 Å². The third kappa shape index (κ3) is 4.17. The Bertz CT molecular complexity index is 1890. The number of carbonyl (C=O) groups excluding carboxylic acids is 1. The van der Waals surface area contributed by atoms with Crippen LogP contribution in [0.2, 0.25) is 0 Å². The Balaban J connectivity index is 1.28. The number of hydrogen-bond acceptors (Lipinski definition) is 5. The van der Waals surface area contributed by atoms with E-state index in [9.17, 15) is 9.18 Å². The van der Waals surface area contributed by atoms with Crippen molar-refractivity contribution in [3.63, 3.8) is 0 Å². The molecular formula is C30H23F2N7O. The number of imidazole rings is 1. The number of aromatic nitrogens is 6. The van der Waals surface area contributed by atoms with E-state index in [0.29, 0.717) is 33.8 Å². The number of para-hydroxylation sites is 1. The first-order valence-corrected chi connectivity index (χ1v) is 13.1. The summed E-state index contributed by atoms with van der Waals surface area (Å²) in [5.41, 5.74) is 4.73. The van der Waals surface area contributed by atoms with Gasteiger partial charge >= 0.3 is 0 Å². The summed E-state index contributed by atoms with van der Waals surface area (Å²) < 4.78 is 29.6. The highest BCUT2D eigenvalue weighted by atomic mass is 19.1. The predicted molar refractivity (Wildman–Crippen MR) is 148 cm³/mol. The van der Waals surface area contributed by atoms with Crippen molar-refractivity contribution >= 4 is 33.5 Å². The lowest BCUT2D eigenvalue weighted by molar-refractivity contribution is -0.119. The van der Waals surface area contributed by atoms with Gasteiger partial charge in [-0.2, -0.15) is 5.10 Å². The van der Waals surface area contributed by atoms with Crippen LogP contribution in [0.3, 0.4) is 0 Å². The summed E-state index contributed by atoms with van der Waals surface area (Å²) in [5, 5.41) is 10.3. The Morgan fingerprint density at radius 1 is 0.925 bits per heavy atom. The molecule has 4 aromatic heterocycles. The van der Waals surface area contributed by atoms with Gasteiger partial charge in [0.05, 0.1) is 40.0 Å². The van der Waals surface area contributed by atoms with E-state index in [1.807, 2.05) is 18.2 Å². The summed E-state index contributed by atoms with van der Waals surface area (Å²) >= 11 is 0. The van der Waals surface area contributed by atoms with E-state index < -0.39 is 5.82 Å². The summed E-state index contributed by atoms with van der Waals surface area (Å²) in [6.45, 7) is 0. The van der Waals surface area contributed by atoms with Crippen molar-refractivity contribution in [3.8, 4) is 33.9 Å². The number of nitrogens with one attached hydrogen (secondary N) is 3. The molecule has 4 heterocycles. The topological polar surface area (TPSA) is 112 Å². The van der Waals surface area contributed by atoms with Crippen LogP contribution in [0.15, 0.2) is 67.1 Å². The number of nitrogens with zero attached hydrogens (tertiary/aromatic N) is 4. The highest BCUT2D eigenvalue weighted by Crippen LogP contribution is 2.35. The average molecular weight is 536 g/mol. The quantitative estimate of drug-likeness (QED) is 0.229. The predicted octanol–water partition coefficient (Wildman–Crippen LogP) is 6.64. The Hall–Kier alpha value is -4.99. The molecule has 0 unspecified atom stereocenters. The number of hydrogen-bond donors (Lipinski definition) is 3. The second kappa shape index (κ2) is 9.64. The number of aromatic amines is 2. The number of rotatable bonds is 5. The van der Waals surface area contributed by atoms with E-state index in [1.165, 1.54) is 24.5 Å². The van der Waals surface area contributed by atoms with Crippen LogP contribution >= 0.6 is 0 Å². The van der Waals surface area contributed by atoms with Gasteiger partial charge in [0, 0.05) is 23.2 Å². The number of benzene rings is 2. The van der Waals surface area contributed by atoms with Gasteiger partial charge in [-0.25, -0.2) is 13.8 Å². The molecule has 0 spiro atoms. The van der Waals surface area contributed by atoms with E-state index in [1.54, 1.807) is 24.4 Å². The van der Waals surface area contributed by atoms with E-state index in [2.05, 4.69) is 30.5 Å². The summed E-state index contributed by atoms with van der Waals surface area (Å²) in [4.78, 5) is 29.1. The molecule has 1 amide bonds. The molecule has 1 fully saturated rings. The standard InChI is InChI=1S/C30H23F2N7O/c31-19-10-8-16(9-11-19)21-6-3-7-22-27(21)37-29(36-22)28-24-23(38-39-28)15-34-26(25(24)32)18-12-20(14-33-13-18)35-30(40)17-4-1-2-5-17/h3,6-15,17H,1-2,4-5H2,(H,35,40)(H,36,37)(H,38,39). The number of H-pyrrole nitrogens is 2. The lowest BCUT2D eigenvalue weighted by Crippen LogP contribution is -2.20. The third-order valence-corrected chi connectivity index (χ3v) is 7.44. The molecule has 6 aromatic rings. The SMILES string of the molecule is O=C(Nc1cncc(-c2ncc3[nH]nc(-c4nc5c(-c6ccc(F)cc6)cccc5[nH]4)c3c2F)c1)C1CCCC1. The van der Waals surface area contributed by atoms with Gasteiger partial charge in [-0.1, -0.05) is 37.1 Å². The molecule has 198 valence electrons. The second-order valence-corrected chi connectivity index (χ2v) is 10.0. The first-order valence-electron chi connectivity index (χ1n) is 13.1. The maximum Gasteiger partial charge on any atom is 0.227 e. The highest BCUT2D eigenvalue weighted by molar-refractivity contribution is 5.98. The summed E-state index contributed by atoms with van der Waals surface area (Å²) in [7, 11) is 0. The van der Waals surface area contributed by atoms with Crippen molar-refractivity contribution in [2.24, 2.45) is 5.92 Å². The Morgan fingerprint density at radius 2 is 1.75 bits per heavy atom. The lowest BCUT2D eigenvalue weighted by atomic mass is 10.0. The van der Waals surface area contributed by atoms with Crippen LogP contribution in [-0.4, -0.2) is 36.0 Å². The lowest BCUT2D eigenvalue weighted by Gasteiger charge is -2.11. The highest BCUT2D eigenvalue weighted by Gasteiger charge is 2.24. The maximum absolute atomic E-state index is 16.1. The Kier molecular flexibility index (Phi) is 5.80. The van der Waals surface area contributed by atoms with Crippen molar-refractivity contribution in [1.82, 2.24) is 30.1 Å². The molecule has 8 nitrogen and oxygen atoms in total. The molecule has 0 aliphatic heterocycles. The van der Waals surface area contributed by atoms with Gasteiger partial charge in [0.15, 0.2) is 11.6 Å². The number of carbonyl (C=O) groups is 1. The molecule has 0 atom stereocenters. The fourth-order valence-electron chi connectivity index (χ4n) is 5.42. The zero-order chi connectivity index (χ0) is 27.2. The summed E-state index contributed by atoms with van der Waals surface area (Å²) in [6.07, 6.45) is 8.43. The third-order valence-electron chi connectivity index (χ3n) is 7.44. The van der Waals surface area contributed by atoms with Gasteiger partial charge in [-0.05, 0) is 42.7 Å². The number of halogens is 2. The minimum atomic E-state index is -0.582. The fraction of sp³-hybridized carbons (Fsp3) is 0.167. The first kappa shape index (κ1) is 24.1. The molecule has 0 radical (unpaired) electrons. The zero-order valence-corrected chi connectivity index (χ0v) is 21.2. The average Bonchev–Trinajstić information content (AvgIpc) is 3.73. The normalized spacial score (nSPS) is 13.8. The molecule has 0 bridgehead atoms. The molecule has 3 N–H and O–H groups in total. The van der Waals surface area contributed by atoms with Gasteiger partial charge < -0.3 is 10.3 Å². The Labute approximate surface area is 226 Å². The number of fused-ring (bicyclic) bond motifs is 2. The smallest absolute Gasteiger partial charge is 0.227 e. The number of pyridine rings is 2. The van der Waals surface area contributed by atoms with Gasteiger partial charge in [0.2, 0.25) is 5.91 Å². The van der Waals surface area contributed by atoms with Crippen LogP contribution in [-0.2, 0) is 4.79 Å². The molecule has 10 heteroatoms. The molecule has 1 aliphatic carbocycles. The van der Waals surface area contributed by atoms with Gasteiger partial charge in [0.25, 0.3) is 0 Å². The van der Waals surface area contributed by atoms with Crippen LogP contribution in [0.25, 0.3) is 55.8 Å². The van der Waals surface area contributed by atoms with Crippen molar-refractivity contribution in [1.29, 1.82) is 0 Å². The molecular weight excluding hydrogens is 512 g/mol. The van der Waals surface area contributed by atoms with E-state index in [-0.39, 0.29) is 28.7 Å². The van der Waals surface area contributed by atoms with Crippen LogP contribution in [0, 0.1) is 17.6 Å². The first-order chi connectivity index (χ1) is 19.5. The largest absolute Gasteiger partial charge is 0.337 e. The van der Waals surface area contributed by atoms with E-state index >= 15 is 4.39 Å². The van der Waals surface area contributed by atoms with Crippen molar-refractivity contribution in [2.75, 3.05) is 5.32 Å². The molecule has 40 heavy (non-hydrogen) atoms. The zero-order valence-electron chi connectivity index (χ0n) is 21.2. The van der Waals surface area contributed by atoms with Crippen LogP contribution in [0.4, 0.5) is 14.5 Å². The Morgan fingerprint density at radius 3 is 2.58 bits per heavy atom. The second-order valence-electron chi connectivity index (χ2n) is 10.0. The van der Waals surface area contributed by atoms with Gasteiger partial charge in [-0.3, -0.25) is 19.9 Å². The van der Waals surface area contributed by atoms with Gasteiger partial charge in [-0.15, -0.1) is 0 Å². The maximum atomic E-state index is 16.1. The minimum absolute atomic E-state index is 0.00395.